The molecule has 1 saturated carbocycles. The van der Waals surface area contributed by atoms with Gasteiger partial charge in [-0.25, -0.2) is 13.4 Å². The predicted molar refractivity (Wildman–Crippen MR) is 112 cm³/mol. The lowest BCUT2D eigenvalue weighted by Crippen LogP contribution is -2.51. The third-order valence-corrected chi connectivity index (χ3v) is 8.70. The number of sulfone groups is 1. The van der Waals surface area contributed by atoms with Gasteiger partial charge in [-0.05, 0) is 45.6 Å². The van der Waals surface area contributed by atoms with E-state index in [1.165, 1.54) is 0 Å². The van der Waals surface area contributed by atoms with Crippen molar-refractivity contribution in [2.45, 2.75) is 83.0 Å². The van der Waals surface area contributed by atoms with Gasteiger partial charge < -0.3 is 9.47 Å². The van der Waals surface area contributed by atoms with Crippen molar-refractivity contribution < 1.29 is 13.2 Å². The maximum atomic E-state index is 13.5. The van der Waals surface area contributed by atoms with Gasteiger partial charge in [-0.15, -0.1) is 0 Å². The van der Waals surface area contributed by atoms with Crippen LogP contribution in [0.3, 0.4) is 0 Å². The molecule has 0 aromatic carbocycles. The third kappa shape index (κ3) is 4.53. The summed E-state index contributed by atoms with van der Waals surface area (Å²) in [6, 6.07) is 0.235. The van der Waals surface area contributed by atoms with Gasteiger partial charge >= 0.3 is 0 Å². The summed E-state index contributed by atoms with van der Waals surface area (Å²) in [6.07, 6.45) is 12.0. The van der Waals surface area contributed by atoms with Crippen molar-refractivity contribution in [1.29, 1.82) is 0 Å². The molecule has 8 heteroatoms. The average Bonchev–Trinajstić information content (AvgIpc) is 3.44. The second kappa shape index (κ2) is 8.76. The fourth-order valence-corrected chi connectivity index (χ4v) is 7.21. The number of carbonyl (C=O) groups is 1. The minimum Gasteiger partial charge on any atom is -0.335 e. The lowest BCUT2D eigenvalue weighted by atomic mass is 10.0. The summed E-state index contributed by atoms with van der Waals surface area (Å²) in [5.41, 5.74) is 0. The molecule has 3 aliphatic rings. The maximum absolute atomic E-state index is 13.5. The van der Waals surface area contributed by atoms with Crippen LogP contribution in [-0.2, 0) is 21.2 Å². The van der Waals surface area contributed by atoms with Gasteiger partial charge in [-0.2, -0.15) is 0 Å². The highest BCUT2D eigenvalue weighted by atomic mass is 32.2. The van der Waals surface area contributed by atoms with Crippen LogP contribution in [0.4, 0.5) is 0 Å². The molecule has 1 aromatic rings. The van der Waals surface area contributed by atoms with Gasteiger partial charge in [0.15, 0.2) is 9.84 Å². The molecule has 0 bridgehead atoms. The molecule has 2 saturated heterocycles. The van der Waals surface area contributed by atoms with E-state index < -0.39 is 9.84 Å². The Balaban J connectivity index is 1.52. The van der Waals surface area contributed by atoms with Crippen LogP contribution in [0.15, 0.2) is 12.4 Å². The molecular formula is C21H34N4O3S. The summed E-state index contributed by atoms with van der Waals surface area (Å²) >= 11 is 0. The summed E-state index contributed by atoms with van der Waals surface area (Å²) in [5, 5.41) is 0. The summed E-state index contributed by atoms with van der Waals surface area (Å²) in [4.78, 5) is 22.4. The van der Waals surface area contributed by atoms with E-state index in [1.54, 1.807) is 0 Å². The summed E-state index contributed by atoms with van der Waals surface area (Å²) < 4.78 is 26.4. The Bertz CT molecular complexity index is 816. The lowest BCUT2D eigenvalue weighted by Gasteiger charge is -2.39. The quantitative estimate of drug-likeness (QED) is 0.704. The number of imidazole rings is 1. The number of nitrogens with zero attached hydrogens (tertiary/aromatic N) is 4. The summed E-state index contributed by atoms with van der Waals surface area (Å²) in [5.74, 6) is 1.52. The second-order valence-electron chi connectivity index (χ2n) is 8.85. The van der Waals surface area contributed by atoms with Crippen LogP contribution in [0.1, 0.15) is 70.2 Å². The molecule has 2 atom stereocenters. The molecule has 7 nitrogen and oxygen atoms in total. The summed E-state index contributed by atoms with van der Waals surface area (Å²) in [6.45, 7) is 4.26. The van der Waals surface area contributed by atoms with Crippen molar-refractivity contribution in [3.05, 3.63) is 18.2 Å². The molecule has 2 aliphatic heterocycles. The number of aromatic nitrogens is 2. The molecule has 1 aromatic heterocycles. The maximum Gasteiger partial charge on any atom is 0.237 e. The highest BCUT2D eigenvalue weighted by Gasteiger charge is 2.40. The summed E-state index contributed by atoms with van der Waals surface area (Å²) in [7, 11) is -3.01. The van der Waals surface area contributed by atoms with E-state index in [0.717, 1.165) is 63.9 Å². The minimum atomic E-state index is -3.01. The molecular weight excluding hydrogens is 388 g/mol. The van der Waals surface area contributed by atoms with Gasteiger partial charge in [0, 0.05) is 31.0 Å². The molecule has 3 fully saturated rings. The van der Waals surface area contributed by atoms with Gasteiger partial charge in [0.1, 0.15) is 5.82 Å². The van der Waals surface area contributed by atoms with E-state index in [9.17, 15) is 13.2 Å². The van der Waals surface area contributed by atoms with Crippen molar-refractivity contribution >= 4 is 15.7 Å². The number of piperidine rings is 1. The first-order valence-corrected chi connectivity index (χ1v) is 13.1. The van der Waals surface area contributed by atoms with Crippen molar-refractivity contribution in [2.75, 3.05) is 24.6 Å². The van der Waals surface area contributed by atoms with Gasteiger partial charge in [0.25, 0.3) is 0 Å². The van der Waals surface area contributed by atoms with Gasteiger partial charge in [0.2, 0.25) is 5.91 Å². The van der Waals surface area contributed by atoms with Crippen molar-refractivity contribution in [3.8, 4) is 0 Å². The molecule has 1 amide bonds. The monoisotopic (exact) mass is 422 g/mol. The first-order valence-electron chi connectivity index (χ1n) is 11.2. The lowest BCUT2D eigenvalue weighted by molar-refractivity contribution is -0.138. The van der Waals surface area contributed by atoms with Crippen molar-refractivity contribution in [3.63, 3.8) is 0 Å². The number of aryl methyl sites for hydroxylation is 1. The van der Waals surface area contributed by atoms with Crippen LogP contribution in [0.25, 0.3) is 0 Å². The van der Waals surface area contributed by atoms with Crippen LogP contribution < -0.4 is 0 Å². The number of hydrogen-bond donors (Lipinski definition) is 0. The molecule has 162 valence electrons. The predicted octanol–water partition coefficient (Wildman–Crippen LogP) is 2.39. The Hall–Kier alpha value is -1.41. The minimum absolute atomic E-state index is 0.112. The molecule has 1 aliphatic carbocycles. The topological polar surface area (TPSA) is 75.5 Å². The zero-order chi connectivity index (χ0) is 20.4. The first-order chi connectivity index (χ1) is 14.0. The Morgan fingerprint density at radius 3 is 2.59 bits per heavy atom. The Kier molecular flexibility index (Phi) is 6.30. The van der Waals surface area contributed by atoms with Crippen LogP contribution in [0.5, 0.6) is 0 Å². The largest absolute Gasteiger partial charge is 0.335 e. The number of amides is 1. The Morgan fingerprint density at radius 2 is 1.90 bits per heavy atom. The second-order valence-corrected chi connectivity index (χ2v) is 11.1. The molecule has 3 heterocycles. The van der Waals surface area contributed by atoms with Gasteiger partial charge in [-0.1, -0.05) is 19.3 Å². The fraction of sp³-hybridized carbons (Fsp3) is 0.810. The van der Waals surface area contributed by atoms with E-state index in [4.69, 9.17) is 0 Å². The molecule has 0 N–H and O–H groups in total. The highest BCUT2D eigenvalue weighted by Crippen LogP contribution is 2.32. The Morgan fingerprint density at radius 1 is 1.14 bits per heavy atom. The molecule has 29 heavy (non-hydrogen) atoms. The highest BCUT2D eigenvalue weighted by molar-refractivity contribution is 7.91. The number of rotatable bonds is 6. The van der Waals surface area contributed by atoms with E-state index in [2.05, 4.69) is 21.4 Å². The van der Waals surface area contributed by atoms with E-state index in [-0.39, 0.29) is 35.5 Å². The SMILES string of the molecule is CCn1ccnc1[C@@H]1CCCCN1CC(=O)N(C1CCCC1)[C@@H]1CCS(=O)(=O)C1. The van der Waals surface area contributed by atoms with Crippen LogP contribution >= 0.6 is 0 Å². The zero-order valence-corrected chi connectivity index (χ0v) is 18.3. The van der Waals surface area contributed by atoms with Crippen molar-refractivity contribution in [1.82, 2.24) is 19.4 Å². The van der Waals surface area contributed by atoms with Crippen LogP contribution in [-0.4, -0.2) is 70.4 Å². The van der Waals surface area contributed by atoms with E-state index in [0.29, 0.717) is 13.0 Å². The molecule has 0 spiro atoms. The first kappa shape index (κ1) is 20.8. The fourth-order valence-electron chi connectivity index (χ4n) is 5.50. The smallest absolute Gasteiger partial charge is 0.237 e. The van der Waals surface area contributed by atoms with Crippen LogP contribution in [0.2, 0.25) is 0 Å². The number of likely N-dealkylation sites (tertiary alicyclic amines) is 1. The average molecular weight is 423 g/mol. The van der Waals surface area contributed by atoms with Gasteiger partial charge in [0.05, 0.1) is 24.1 Å². The van der Waals surface area contributed by atoms with Gasteiger partial charge in [-0.3, -0.25) is 9.69 Å². The number of hydrogen-bond acceptors (Lipinski definition) is 5. The molecule has 0 unspecified atom stereocenters. The normalized spacial score (nSPS) is 28.0. The van der Waals surface area contributed by atoms with Crippen LogP contribution in [0, 0.1) is 0 Å². The zero-order valence-electron chi connectivity index (χ0n) is 17.5. The van der Waals surface area contributed by atoms with Crippen molar-refractivity contribution in [2.24, 2.45) is 0 Å². The van der Waals surface area contributed by atoms with E-state index in [1.807, 2.05) is 17.3 Å². The molecule has 0 radical (unpaired) electrons. The Labute approximate surface area is 174 Å². The van der Waals surface area contributed by atoms with E-state index >= 15 is 0 Å². The third-order valence-electron chi connectivity index (χ3n) is 6.95. The molecule has 4 rings (SSSR count). The standard InChI is InChI=1S/C21H34N4O3S/c1-2-23-13-11-22-21(23)19-9-5-6-12-24(19)15-20(26)25(17-7-3-4-8-17)18-10-14-29(27,28)16-18/h11,13,17-19H,2-10,12,14-16H2,1H3/t18-,19+/m1/s1. The number of carbonyl (C=O) groups excluding carboxylic acids is 1.